The first-order valence-electron chi connectivity index (χ1n) is 4.28. The number of halogens is 2. The maximum atomic E-state index is 13.2. The molecule has 1 fully saturated rings. The first-order valence-corrected chi connectivity index (χ1v) is 5.94. The summed E-state index contributed by atoms with van der Waals surface area (Å²) in [6.45, 7) is 0.377. The Hall–Kier alpha value is -1.01. The number of benzene rings is 1. The van der Waals surface area contributed by atoms with Crippen LogP contribution in [0.15, 0.2) is 23.1 Å². The van der Waals surface area contributed by atoms with E-state index in [1.807, 2.05) is 0 Å². The van der Waals surface area contributed by atoms with Crippen molar-refractivity contribution in [2.45, 2.75) is 11.0 Å². The van der Waals surface area contributed by atoms with Crippen LogP contribution >= 0.6 is 0 Å². The molecule has 2 rings (SSSR count). The predicted molar refractivity (Wildman–Crippen MR) is 48.2 cm³/mol. The molecule has 1 atom stereocenters. The van der Waals surface area contributed by atoms with E-state index in [9.17, 15) is 17.2 Å². The predicted octanol–water partition coefficient (Wildman–Crippen LogP) is 1.14. The maximum Gasteiger partial charge on any atom is 0.183 e. The molecule has 1 aromatic carbocycles. The topological polar surface area (TPSA) is 46.7 Å². The van der Waals surface area contributed by atoms with E-state index in [4.69, 9.17) is 4.74 Å². The average Bonchev–Trinajstić information content (AvgIpc) is 2.86. The molecule has 0 aliphatic carbocycles. The molecule has 1 saturated heterocycles. The summed E-state index contributed by atoms with van der Waals surface area (Å²) in [6, 6.07) is 2.41. The monoisotopic (exact) mass is 234 g/mol. The van der Waals surface area contributed by atoms with Crippen LogP contribution in [-0.2, 0) is 14.6 Å². The van der Waals surface area contributed by atoms with E-state index in [0.717, 1.165) is 12.1 Å². The molecule has 1 aromatic rings. The van der Waals surface area contributed by atoms with Crippen LogP contribution in [0.5, 0.6) is 0 Å². The van der Waals surface area contributed by atoms with Crippen molar-refractivity contribution >= 4 is 9.84 Å². The molecule has 82 valence electrons. The van der Waals surface area contributed by atoms with Gasteiger partial charge in [-0.1, -0.05) is 0 Å². The number of hydrogen-bond acceptors (Lipinski definition) is 3. The third-order valence-corrected chi connectivity index (χ3v) is 3.85. The van der Waals surface area contributed by atoms with E-state index in [0.29, 0.717) is 12.7 Å². The van der Waals surface area contributed by atoms with Crippen LogP contribution in [0.3, 0.4) is 0 Å². The Labute approximate surface area is 85.6 Å². The van der Waals surface area contributed by atoms with E-state index < -0.39 is 26.4 Å². The van der Waals surface area contributed by atoms with Gasteiger partial charge in [-0.05, 0) is 12.1 Å². The van der Waals surface area contributed by atoms with Crippen LogP contribution in [0.2, 0.25) is 0 Å². The highest BCUT2D eigenvalue weighted by molar-refractivity contribution is 7.91. The van der Waals surface area contributed by atoms with Crippen LogP contribution in [0.1, 0.15) is 0 Å². The van der Waals surface area contributed by atoms with Gasteiger partial charge < -0.3 is 4.74 Å². The van der Waals surface area contributed by atoms with Crippen LogP contribution in [-0.4, -0.2) is 26.9 Å². The van der Waals surface area contributed by atoms with Gasteiger partial charge in [-0.15, -0.1) is 0 Å². The van der Waals surface area contributed by atoms with Crippen LogP contribution < -0.4 is 0 Å². The minimum atomic E-state index is -3.71. The summed E-state index contributed by atoms with van der Waals surface area (Å²) in [4.78, 5) is -0.473. The standard InChI is InChI=1S/C9H8F2O3S/c10-6-1-2-9(8(11)3-6)15(12,13)5-7-4-14-7/h1-3,7H,4-5H2. The van der Waals surface area contributed by atoms with Crippen molar-refractivity contribution in [3.8, 4) is 0 Å². The molecule has 0 saturated carbocycles. The minimum Gasteiger partial charge on any atom is -0.372 e. The van der Waals surface area contributed by atoms with Crippen molar-refractivity contribution in [2.24, 2.45) is 0 Å². The fraction of sp³-hybridized carbons (Fsp3) is 0.333. The van der Waals surface area contributed by atoms with E-state index >= 15 is 0 Å². The molecule has 1 aliphatic heterocycles. The SMILES string of the molecule is O=S(=O)(CC1CO1)c1ccc(F)cc1F. The largest absolute Gasteiger partial charge is 0.372 e. The van der Waals surface area contributed by atoms with Crippen molar-refractivity contribution in [2.75, 3.05) is 12.4 Å². The molecule has 1 aliphatic rings. The van der Waals surface area contributed by atoms with Crippen molar-refractivity contribution < 1.29 is 21.9 Å². The number of sulfone groups is 1. The van der Waals surface area contributed by atoms with E-state index in [-0.39, 0.29) is 11.9 Å². The van der Waals surface area contributed by atoms with Crippen LogP contribution in [0, 0.1) is 11.6 Å². The lowest BCUT2D eigenvalue weighted by molar-refractivity contribution is 0.422. The number of hydrogen-bond donors (Lipinski definition) is 0. The van der Waals surface area contributed by atoms with Crippen molar-refractivity contribution in [1.82, 2.24) is 0 Å². The smallest absolute Gasteiger partial charge is 0.183 e. The lowest BCUT2D eigenvalue weighted by atomic mass is 10.3. The van der Waals surface area contributed by atoms with Gasteiger partial charge in [0.2, 0.25) is 0 Å². The van der Waals surface area contributed by atoms with Gasteiger partial charge in [0.15, 0.2) is 9.84 Å². The lowest BCUT2D eigenvalue weighted by Gasteiger charge is -2.03. The van der Waals surface area contributed by atoms with Gasteiger partial charge in [0.25, 0.3) is 0 Å². The zero-order valence-electron chi connectivity index (χ0n) is 7.61. The first kappa shape index (κ1) is 10.5. The zero-order chi connectivity index (χ0) is 11.1. The fourth-order valence-electron chi connectivity index (χ4n) is 1.23. The molecule has 0 aromatic heterocycles. The number of epoxide rings is 1. The van der Waals surface area contributed by atoms with Gasteiger partial charge in [0.1, 0.15) is 16.5 Å². The molecule has 0 amide bonds. The quantitative estimate of drug-likeness (QED) is 0.582. The molecule has 0 N–H and O–H groups in total. The van der Waals surface area contributed by atoms with Crippen LogP contribution in [0.25, 0.3) is 0 Å². The highest BCUT2D eigenvalue weighted by Crippen LogP contribution is 2.21. The molecule has 0 bridgehead atoms. The van der Waals surface area contributed by atoms with Gasteiger partial charge >= 0.3 is 0 Å². The van der Waals surface area contributed by atoms with Crippen molar-refractivity contribution in [3.63, 3.8) is 0 Å². The van der Waals surface area contributed by atoms with Gasteiger partial charge in [-0.25, -0.2) is 17.2 Å². The molecular weight excluding hydrogens is 226 g/mol. The lowest BCUT2D eigenvalue weighted by Crippen LogP contribution is -2.13. The second kappa shape index (κ2) is 3.53. The molecule has 1 unspecified atom stereocenters. The zero-order valence-corrected chi connectivity index (χ0v) is 8.43. The van der Waals surface area contributed by atoms with Gasteiger partial charge in [-0.3, -0.25) is 0 Å². The van der Waals surface area contributed by atoms with E-state index in [1.165, 1.54) is 0 Å². The Kier molecular flexibility index (Phi) is 2.47. The molecular formula is C9H8F2O3S. The van der Waals surface area contributed by atoms with Crippen LogP contribution in [0.4, 0.5) is 8.78 Å². The highest BCUT2D eigenvalue weighted by atomic mass is 32.2. The Bertz CT molecular complexity index is 480. The summed E-state index contributed by atoms with van der Waals surface area (Å²) < 4.78 is 53.6. The molecule has 0 radical (unpaired) electrons. The highest BCUT2D eigenvalue weighted by Gasteiger charge is 2.31. The van der Waals surface area contributed by atoms with Crippen molar-refractivity contribution in [1.29, 1.82) is 0 Å². The fourth-order valence-corrected chi connectivity index (χ4v) is 2.72. The normalized spacial score (nSPS) is 20.3. The Balaban J connectivity index is 2.34. The molecule has 1 heterocycles. The third-order valence-electron chi connectivity index (χ3n) is 2.04. The average molecular weight is 234 g/mol. The summed E-state index contributed by atoms with van der Waals surface area (Å²) in [5, 5.41) is 0. The maximum absolute atomic E-state index is 13.2. The third kappa shape index (κ3) is 2.32. The summed E-state index contributed by atoms with van der Waals surface area (Å²) in [7, 11) is -3.71. The molecule has 6 heteroatoms. The summed E-state index contributed by atoms with van der Waals surface area (Å²) in [6.07, 6.45) is -0.348. The Morgan fingerprint density at radius 2 is 2.07 bits per heavy atom. The Morgan fingerprint density at radius 1 is 1.40 bits per heavy atom. The summed E-state index contributed by atoms with van der Waals surface area (Å²) in [5.74, 6) is -2.11. The second-order valence-corrected chi connectivity index (χ2v) is 5.31. The molecule has 3 nitrogen and oxygen atoms in total. The number of ether oxygens (including phenoxy) is 1. The Morgan fingerprint density at radius 3 is 2.60 bits per heavy atom. The van der Waals surface area contributed by atoms with Gasteiger partial charge in [-0.2, -0.15) is 0 Å². The molecule has 15 heavy (non-hydrogen) atoms. The van der Waals surface area contributed by atoms with Crippen molar-refractivity contribution in [3.05, 3.63) is 29.8 Å². The van der Waals surface area contributed by atoms with E-state index in [2.05, 4.69) is 0 Å². The van der Waals surface area contributed by atoms with E-state index in [1.54, 1.807) is 0 Å². The second-order valence-electron chi connectivity index (χ2n) is 3.31. The number of rotatable bonds is 3. The minimum absolute atomic E-state index is 0.254. The molecule has 0 spiro atoms. The first-order chi connectivity index (χ1) is 6.99. The summed E-state index contributed by atoms with van der Waals surface area (Å²) in [5.41, 5.74) is 0. The van der Waals surface area contributed by atoms with Gasteiger partial charge in [0.05, 0.1) is 18.5 Å². The van der Waals surface area contributed by atoms with Gasteiger partial charge in [0, 0.05) is 6.07 Å². The summed E-state index contributed by atoms with van der Waals surface area (Å²) >= 11 is 0.